The zero-order valence-electron chi connectivity index (χ0n) is 17.9. The van der Waals surface area contributed by atoms with Crippen LogP contribution in [0.1, 0.15) is 29.9 Å². The van der Waals surface area contributed by atoms with Gasteiger partial charge in [0.1, 0.15) is 23.3 Å². The Balaban J connectivity index is 1.67. The zero-order chi connectivity index (χ0) is 23.1. The Kier molecular flexibility index (Phi) is 5.22. The van der Waals surface area contributed by atoms with Crippen LogP contribution in [0.15, 0.2) is 70.9 Å². The van der Waals surface area contributed by atoms with Gasteiger partial charge in [-0.05, 0) is 61.9 Å². The van der Waals surface area contributed by atoms with Gasteiger partial charge >= 0.3 is 5.91 Å². The van der Waals surface area contributed by atoms with E-state index in [1.54, 1.807) is 30.3 Å². The van der Waals surface area contributed by atoms with Gasteiger partial charge in [0, 0.05) is 5.56 Å². The number of rotatable bonds is 5. The van der Waals surface area contributed by atoms with Crippen LogP contribution in [-0.2, 0) is 9.59 Å². The minimum atomic E-state index is -0.938. The van der Waals surface area contributed by atoms with E-state index in [2.05, 4.69) is 4.98 Å². The van der Waals surface area contributed by atoms with Crippen molar-refractivity contribution >= 4 is 44.1 Å². The standard InChI is InChI=1S/C25H20N2O5S/c1-3-31-17-11-10-15(13-14(17)2)22(28)20-21(18-8-6-12-32-18)27(24(30)23(20)29)25-26-16-7-4-5-9-19(16)33-25/h4-13,21,28H,3H2,1-2H3/b22-20+. The average molecular weight is 461 g/mol. The number of carbonyl (C=O) groups excluding carboxylic acids is 2. The number of anilines is 1. The lowest BCUT2D eigenvalue weighted by atomic mass is 9.98. The second-order valence-electron chi connectivity index (χ2n) is 7.56. The first kappa shape index (κ1) is 21.0. The molecule has 166 valence electrons. The molecule has 1 aliphatic heterocycles. The third-order valence-corrected chi connectivity index (χ3v) is 6.53. The van der Waals surface area contributed by atoms with Gasteiger partial charge in [0.2, 0.25) is 0 Å². The van der Waals surface area contributed by atoms with Crippen molar-refractivity contribution in [3.63, 3.8) is 0 Å². The van der Waals surface area contributed by atoms with Crippen molar-refractivity contribution in [2.24, 2.45) is 0 Å². The Hall–Kier alpha value is -3.91. The van der Waals surface area contributed by atoms with E-state index in [4.69, 9.17) is 9.15 Å². The molecular formula is C25H20N2O5S. The Labute approximate surface area is 193 Å². The van der Waals surface area contributed by atoms with Crippen LogP contribution in [0.25, 0.3) is 16.0 Å². The number of nitrogens with zero attached hydrogens (tertiary/aromatic N) is 2. The smallest absolute Gasteiger partial charge is 0.302 e. The van der Waals surface area contributed by atoms with Crippen molar-refractivity contribution in [2.75, 3.05) is 11.5 Å². The van der Waals surface area contributed by atoms with Gasteiger partial charge in [-0.25, -0.2) is 4.98 Å². The lowest BCUT2D eigenvalue weighted by Gasteiger charge is -2.20. The van der Waals surface area contributed by atoms with Crippen molar-refractivity contribution < 1.29 is 23.8 Å². The Bertz CT molecular complexity index is 1370. The molecule has 1 unspecified atom stereocenters. The monoisotopic (exact) mass is 460 g/mol. The van der Waals surface area contributed by atoms with Crippen LogP contribution in [0.2, 0.25) is 0 Å². The summed E-state index contributed by atoms with van der Waals surface area (Å²) < 4.78 is 12.1. The van der Waals surface area contributed by atoms with E-state index in [9.17, 15) is 14.7 Å². The number of aliphatic hydroxyl groups is 1. The highest BCUT2D eigenvalue weighted by molar-refractivity contribution is 7.22. The molecule has 2 aromatic carbocycles. The number of aromatic nitrogens is 1. The normalized spacial score (nSPS) is 17.8. The lowest BCUT2D eigenvalue weighted by Crippen LogP contribution is -2.29. The fourth-order valence-electron chi connectivity index (χ4n) is 3.98. The van der Waals surface area contributed by atoms with Gasteiger partial charge in [0.25, 0.3) is 5.78 Å². The van der Waals surface area contributed by atoms with Crippen LogP contribution in [0.5, 0.6) is 5.75 Å². The van der Waals surface area contributed by atoms with Crippen molar-refractivity contribution in [1.29, 1.82) is 0 Å². The number of amides is 1. The van der Waals surface area contributed by atoms with E-state index >= 15 is 0 Å². The second kappa shape index (κ2) is 8.22. The first-order chi connectivity index (χ1) is 16.0. The molecular weight excluding hydrogens is 440 g/mol. The molecule has 0 saturated carbocycles. The van der Waals surface area contributed by atoms with Gasteiger partial charge in [-0.1, -0.05) is 23.5 Å². The summed E-state index contributed by atoms with van der Waals surface area (Å²) in [4.78, 5) is 32.2. The quantitative estimate of drug-likeness (QED) is 0.249. The van der Waals surface area contributed by atoms with E-state index in [1.165, 1.54) is 22.5 Å². The molecule has 1 saturated heterocycles. The number of fused-ring (bicyclic) bond motifs is 1. The maximum atomic E-state index is 13.2. The summed E-state index contributed by atoms with van der Waals surface area (Å²) in [5, 5.41) is 11.6. The first-order valence-electron chi connectivity index (χ1n) is 10.4. The number of aliphatic hydroxyl groups excluding tert-OH is 1. The Morgan fingerprint density at radius 2 is 2.00 bits per heavy atom. The maximum absolute atomic E-state index is 13.2. The summed E-state index contributed by atoms with van der Waals surface area (Å²) in [5.41, 5.74) is 1.89. The molecule has 5 rings (SSSR count). The maximum Gasteiger partial charge on any atom is 0.302 e. The predicted octanol–water partition coefficient (Wildman–Crippen LogP) is 5.22. The summed E-state index contributed by atoms with van der Waals surface area (Å²) in [7, 11) is 0. The van der Waals surface area contributed by atoms with Gasteiger partial charge in [0.05, 0.1) is 28.7 Å². The molecule has 4 aromatic rings. The summed E-state index contributed by atoms with van der Waals surface area (Å²) in [6.45, 7) is 4.25. The number of para-hydroxylation sites is 1. The van der Waals surface area contributed by atoms with Gasteiger partial charge < -0.3 is 14.3 Å². The minimum absolute atomic E-state index is 0.0437. The number of thiazole rings is 1. The summed E-state index contributed by atoms with van der Waals surface area (Å²) in [6, 6.07) is 15.0. The van der Waals surface area contributed by atoms with Crippen LogP contribution in [0, 0.1) is 6.92 Å². The molecule has 1 amide bonds. The van der Waals surface area contributed by atoms with E-state index in [1.807, 2.05) is 38.1 Å². The van der Waals surface area contributed by atoms with Crippen molar-refractivity contribution in [2.45, 2.75) is 19.9 Å². The number of benzene rings is 2. The average Bonchev–Trinajstić information content (AvgIpc) is 3.53. The number of ketones is 1. The summed E-state index contributed by atoms with van der Waals surface area (Å²) >= 11 is 1.30. The van der Waals surface area contributed by atoms with E-state index in [0.717, 1.165) is 15.8 Å². The van der Waals surface area contributed by atoms with Crippen LogP contribution < -0.4 is 9.64 Å². The molecule has 0 radical (unpaired) electrons. The number of ether oxygens (including phenoxy) is 1. The largest absolute Gasteiger partial charge is 0.507 e. The van der Waals surface area contributed by atoms with Gasteiger partial charge in [-0.2, -0.15) is 0 Å². The van der Waals surface area contributed by atoms with Gasteiger partial charge in [0.15, 0.2) is 5.13 Å². The van der Waals surface area contributed by atoms with Gasteiger partial charge in [-0.3, -0.25) is 14.5 Å². The highest BCUT2D eigenvalue weighted by Crippen LogP contribution is 2.44. The molecule has 3 heterocycles. The van der Waals surface area contributed by atoms with E-state index in [-0.39, 0.29) is 11.3 Å². The van der Waals surface area contributed by atoms with Crippen LogP contribution in [-0.4, -0.2) is 28.4 Å². The molecule has 1 fully saturated rings. The molecule has 0 spiro atoms. The fourth-order valence-corrected chi connectivity index (χ4v) is 4.97. The number of Topliss-reactive ketones (excluding diaryl/α,β-unsaturated/α-hetero) is 1. The molecule has 7 nitrogen and oxygen atoms in total. The van der Waals surface area contributed by atoms with Crippen molar-refractivity contribution in [3.8, 4) is 5.75 Å². The third kappa shape index (κ3) is 3.48. The summed E-state index contributed by atoms with van der Waals surface area (Å²) in [5.74, 6) is -0.784. The molecule has 1 aliphatic rings. The molecule has 0 bridgehead atoms. The summed E-state index contributed by atoms with van der Waals surface area (Å²) in [6.07, 6.45) is 1.47. The number of carbonyl (C=O) groups is 2. The van der Waals surface area contributed by atoms with Crippen LogP contribution in [0.4, 0.5) is 5.13 Å². The third-order valence-electron chi connectivity index (χ3n) is 5.49. The Morgan fingerprint density at radius 1 is 1.18 bits per heavy atom. The highest BCUT2D eigenvalue weighted by Gasteiger charge is 2.49. The molecule has 1 atom stereocenters. The second-order valence-corrected chi connectivity index (χ2v) is 8.57. The zero-order valence-corrected chi connectivity index (χ0v) is 18.8. The predicted molar refractivity (Wildman–Crippen MR) is 125 cm³/mol. The van der Waals surface area contributed by atoms with Crippen LogP contribution >= 0.6 is 11.3 Å². The number of furan rings is 1. The van der Waals surface area contributed by atoms with Crippen LogP contribution in [0.3, 0.4) is 0 Å². The molecule has 0 aliphatic carbocycles. The van der Waals surface area contributed by atoms with E-state index < -0.39 is 17.7 Å². The van der Waals surface area contributed by atoms with Crippen molar-refractivity contribution in [1.82, 2.24) is 4.98 Å². The first-order valence-corrected chi connectivity index (χ1v) is 11.2. The number of aryl methyl sites for hydroxylation is 1. The number of hydrogen-bond donors (Lipinski definition) is 1. The molecule has 2 aromatic heterocycles. The number of hydrogen-bond acceptors (Lipinski definition) is 7. The molecule has 1 N–H and O–H groups in total. The molecule has 8 heteroatoms. The van der Waals surface area contributed by atoms with Gasteiger partial charge in [-0.15, -0.1) is 0 Å². The van der Waals surface area contributed by atoms with E-state index in [0.29, 0.717) is 28.8 Å². The highest BCUT2D eigenvalue weighted by atomic mass is 32.1. The van der Waals surface area contributed by atoms with Crippen molar-refractivity contribution in [3.05, 3.63) is 83.3 Å². The fraction of sp³-hybridized carbons (Fsp3) is 0.160. The minimum Gasteiger partial charge on any atom is -0.507 e. The Morgan fingerprint density at radius 3 is 2.70 bits per heavy atom. The SMILES string of the molecule is CCOc1ccc(/C(O)=C2\C(=O)C(=O)N(c3nc4ccccc4s3)C2c2ccco2)cc1C. The lowest BCUT2D eigenvalue weighted by molar-refractivity contribution is -0.132. The topological polar surface area (TPSA) is 92.9 Å². The molecule has 33 heavy (non-hydrogen) atoms.